The molecule has 8 heteroatoms. The van der Waals surface area contributed by atoms with Crippen LogP contribution in [-0.2, 0) is 11.3 Å². The van der Waals surface area contributed by atoms with Crippen LogP contribution in [0.5, 0.6) is 0 Å². The minimum absolute atomic E-state index is 0.163. The van der Waals surface area contributed by atoms with Crippen molar-refractivity contribution in [3.8, 4) is 0 Å². The molecule has 2 aliphatic rings. The third-order valence-corrected chi connectivity index (χ3v) is 8.10. The molecule has 43 heavy (non-hydrogen) atoms. The summed E-state index contributed by atoms with van der Waals surface area (Å²) in [6.45, 7) is 7.16. The minimum atomic E-state index is -0.233. The standard InChI is InChI=1S/C35H36N6O2/c1-24(26-7-4-3-5-8-26)37-34(42)27-12-15-31-30(21-27)32(35(43)39-31)33(28-9-6-16-36-22-28)38-29-13-10-25(11-14-29)23-41-19-17-40(2)18-20-41/h3-16,21-22,24,38H,17-20,23H2,1-2H3,(H,37,42)(H,39,43)/b33-32-/t24-/m1/s1. The van der Waals surface area contributed by atoms with Crippen LogP contribution in [0.15, 0.2) is 97.3 Å². The first kappa shape index (κ1) is 28.3. The van der Waals surface area contributed by atoms with E-state index in [4.69, 9.17) is 0 Å². The van der Waals surface area contributed by atoms with Crippen LogP contribution in [0.25, 0.3) is 11.3 Å². The van der Waals surface area contributed by atoms with E-state index >= 15 is 0 Å². The first-order valence-corrected chi connectivity index (χ1v) is 14.7. The van der Waals surface area contributed by atoms with Gasteiger partial charge in [-0.3, -0.25) is 19.5 Å². The largest absolute Gasteiger partial charge is 0.354 e. The Labute approximate surface area is 252 Å². The van der Waals surface area contributed by atoms with E-state index in [2.05, 4.69) is 49.9 Å². The number of piperazine rings is 1. The van der Waals surface area contributed by atoms with Crippen LogP contribution in [0.2, 0.25) is 0 Å². The molecule has 0 aliphatic carbocycles. The summed E-state index contributed by atoms with van der Waals surface area (Å²) in [5.41, 5.74) is 6.81. The van der Waals surface area contributed by atoms with Gasteiger partial charge < -0.3 is 20.9 Å². The number of anilines is 2. The van der Waals surface area contributed by atoms with Crippen molar-refractivity contribution in [3.05, 3.63) is 125 Å². The number of likely N-dealkylation sites (N-methyl/N-ethyl adjacent to an activating group) is 1. The number of rotatable bonds is 8. The molecule has 0 bridgehead atoms. The van der Waals surface area contributed by atoms with Gasteiger partial charge in [0.2, 0.25) is 0 Å². The van der Waals surface area contributed by atoms with Gasteiger partial charge >= 0.3 is 0 Å². The molecule has 6 rings (SSSR count). The lowest BCUT2D eigenvalue weighted by Crippen LogP contribution is -2.43. The third-order valence-electron chi connectivity index (χ3n) is 8.10. The van der Waals surface area contributed by atoms with Crippen molar-refractivity contribution in [2.45, 2.75) is 19.5 Å². The number of hydrogen-bond acceptors (Lipinski definition) is 6. The normalized spacial score (nSPS) is 17.1. The molecule has 1 aromatic heterocycles. The molecule has 4 aromatic rings. The molecule has 3 aromatic carbocycles. The van der Waals surface area contributed by atoms with E-state index in [1.165, 1.54) is 5.56 Å². The van der Waals surface area contributed by atoms with E-state index in [0.717, 1.165) is 49.5 Å². The molecule has 1 fully saturated rings. The number of aromatic nitrogens is 1. The summed E-state index contributed by atoms with van der Waals surface area (Å²) >= 11 is 0. The zero-order valence-electron chi connectivity index (χ0n) is 24.5. The van der Waals surface area contributed by atoms with Crippen LogP contribution < -0.4 is 16.0 Å². The molecule has 0 radical (unpaired) electrons. The fraction of sp³-hybridized carbons (Fsp3) is 0.229. The first-order chi connectivity index (χ1) is 20.9. The second kappa shape index (κ2) is 12.6. The molecule has 3 N–H and O–H groups in total. The SMILES string of the molecule is C[C@@H](NC(=O)c1ccc2c(c1)/C(=C(/Nc1ccc(CN3CCN(C)CC3)cc1)c1cccnc1)C(=O)N2)c1ccccc1. The van der Waals surface area contributed by atoms with Crippen LogP contribution >= 0.6 is 0 Å². The van der Waals surface area contributed by atoms with Crippen molar-refractivity contribution in [3.63, 3.8) is 0 Å². The average molecular weight is 573 g/mol. The number of fused-ring (bicyclic) bond motifs is 1. The Hall–Kier alpha value is -4.79. The Morgan fingerprint density at radius 2 is 1.70 bits per heavy atom. The maximum atomic E-state index is 13.4. The van der Waals surface area contributed by atoms with Gasteiger partial charge in [-0.25, -0.2) is 0 Å². The number of carbonyl (C=O) groups excluding carboxylic acids is 2. The number of benzene rings is 3. The Morgan fingerprint density at radius 3 is 2.42 bits per heavy atom. The van der Waals surface area contributed by atoms with Crippen molar-refractivity contribution < 1.29 is 9.59 Å². The van der Waals surface area contributed by atoms with Crippen molar-refractivity contribution in [2.75, 3.05) is 43.9 Å². The molecule has 218 valence electrons. The molecule has 0 saturated carbocycles. The van der Waals surface area contributed by atoms with Gasteiger partial charge in [-0.15, -0.1) is 0 Å². The minimum Gasteiger partial charge on any atom is -0.354 e. The molecule has 2 amide bonds. The highest BCUT2D eigenvalue weighted by Crippen LogP contribution is 2.38. The van der Waals surface area contributed by atoms with Gasteiger partial charge in [-0.2, -0.15) is 0 Å². The highest BCUT2D eigenvalue weighted by Gasteiger charge is 2.30. The maximum Gasteiger partial charge on any atom is 0.258 e. The summed E-state index contributed by atoms with van der Waals surface area (Å²) in [7, 11) is 2.16. The van der Waals surface area contributed by atoms with E-state index in [0.29, 0.717) is 28.1 Å². The molecule has 8 nitrogen and oxygen atoms in total. The molecule has 2 aliphatic heterocycles. The van der Waals surface area contributed by atoms with E-state index in [-0.39, 0.29) is 17.9 Å². The molecule has 0 spiro atoms. The monoisotopic (exact) mass is 572 g/mol. The summed E-state index contributed by atoms with van der Waals surface area (Å²) in [4.78, 5) is 35.9. The number of hydrogen-bond donors (Lipinski definition) is 3. The molecular formula is C35H36N6O2. The summed E-state index contributed by atoms with van der Waals surface area (Å²) in [5, 5.41) is 9.56. The van der Waals surface area contributed by atoms with Gasteiger partial charge in [0.15, 0.2) is 0 Å². The lowest BCUT2D eigenvalue weighted by molar-refractivity contribution is -0.110. The van der Waals surface area contributed by atoms with E-state index in [1.54, 1.807) is 30.6 Å². The maximum absolute atomic E-state index is 13.4. The zero-order valence-corrected chi connectivity index (χ0v) is 24.5. The summed E-state index contributed by atoms with van der Waals surface area (Å²) in [6, 6.07) is 27.1. The Bertz CT molecular complexity index is 1630. The van der Waals surface area contributed by atoms with Gasteiger partial charge in [0.1, 0.15) is 0 Å². The summed E-state index contributed by atoms with van der Waals surface area (Å²) in [5.74, 6) is -0.437. The highest BCUT2D eigenvalue weighted by molar-refractivity contribution is 6.37. The Balaban J connectivity index is 1.28. The number of nitrogens with one attached hydrogen (secondary N) is 3. The van der Waals surface area contributed by atoms with Gasteiger partial charge in [0, 0.05) is 73.2 Å². The number of amides is 2. The first-order valence-electron chi connectivity index (χ1n) is 14.7. The lowest BCUT2D eigenvalue weighted by Gasteiger charge is -2.32. The number of nitrogens with zero attached hydrogens (tertiary/aromatic N) is 3. The van der Waals surface area contributed by atoms with Crippen LogP contribution in [0.4, 0.5) is 11.4 Å². The smallest absolute Gasteiger partial charge is 0.258 e. The van der Waals surface area contributed by atoms with E-state index in [9.17, 15) is 9.59 Å². The predicted molar refractivity (Wildman–Crippen MR) is 171 cm³/mol. The van der Waals surface area contributed by atoms with Gasteiger partial charge in [0.05, 0.1) is 17.3 Å². The molecule has 3 heterocycles. The quantitative estimate of drug-likeness (QED) is 0.250. The highest BCUT2D eigenvalue weighted by atomic mass is 16.2. The Morgan fingerprint density at radius 1 is 0.930 bits per heavy atom. The molecular weight excluding hydrogens is 536 g/mol. The van der Waals surface area contributed by atoms with Crippen LogP contribution in [-0.4, -0.2) is 59.8 Å². The van der Waals surface area contributed by atoms with E-state index < -0.39 is 0 Å². The van der Waals surface area contributed by atoms with Crippen LogP contribution in [0.1, 0.15) is 45.6 Å². The Kier molecular flexibility index (Phi) is 8.31. The second-order valence-corrected chi connectivity index (χ2v) is 11.2. The van der Waals surface area contributed by atoms with Crippen molar-refractivity contribution in [2.24, 2.45) is 0 Å². The predicted octanol–water partition coefficient (Wildman–Crippen LogP) is 5.25. The third kappa shape index (κ3) is 6.51. The fourth-order valence-electron chi connectivity index (χ4n) is 5.55. The number of pyridine rings is 1. The van der Waals surface area contributed by atoms with Crippen LogP contribution in [0, 0.1) is 0 Å². The van der Waals surface area contributed by atoms with Crippen molar-refractivity contribution in [1.82, 2.24) is 20.1 Å². The lowest BCUT2D eigenvalue weighted by atomic mass is 9.98. The fourth-order valence-corrected chi connectivity index (χ4v) is 5.55. The van der Waals surface area contributed by atoms with Crippen molar-refractivity contribution in [1.29, 1.82) is 0 Å². The van der Waals surface area contributed by atoms with Gasteiger partial charge in [0.25, 0.3) is 11.8 Å². The molecule has 0 unspecified atom stereocenters. The van der Waals surface area contributed by atoms with Crippen LogP contribution in [0.3, 0.4) is 0 Å². The van der Waals surface area contributed by atoms with E-state index in [1.807, 2.05) is 61.5 Å². The number of carbonyl (C=O) groups is 2. The molecule has 1 atom stereocenters. The molecule has 1 saturated heterocycles. The van der Waals surface area contributed by atoms with Crippen molar-refractivity contribution >= 4 is 34.5 Å². The zero-order chi connectivity index (χ0) is 29.8. The van der Waals surface area contributed by atoms with Gasteiger partial charge in [-0.05, 0) is 67.6 Å². The second-order valence-electron chi connectivity index (χ2n) is 11.2. The summed E-state index contributed by atoms with van der Waals surface area (Å²) in [6.07, 6.45) is 3.44. The average Bonchev–Trinajstić information content (AvgIpc) is 3.37. The summed E-state index contributed by atoms with van der Waals surface area (Å²) < 4.78 is 0. The van der Waals surface area contributed by atoms with Gasteiger partial charge in [-0.1, -0.05) is 42.5 Å². The topological polar surface area (TPSA) is 89.6 Å².